The zero-order chi connectivity index (χ0) is 15.9. The van der Waals surface area contributed by atoms with Crippen molar-refractivity contribution in [3.8, 4) is 0 Å². The Kier molecular flexibility index (Phi) is 6.40. The Hall–Kier alpha value is -1.39. The van der Waals surface area contributed by atoms with Gasteiger partial charge >= 0.3 is 6.03 Å². The molecule has 8 nitrogen and oxygen atoms in total. The van der Waals surface area contributed by atoms with Crippen LogP contribution in [0.1, 0.15) is 13.8 Å². The molecular formula is C12H19N5O3S2. The Labute approximate surface area is 137 Å². The number of hydrogen-bond donors (Lipinski definition) is 2. The second kappa shape index (κ2) is 8.30. The summed E-state index contributed by atoms with van der Waals surface area (Å²) in [6.45, 7) is 6.96. The third-order valence-electron chi connectivity index (χ3n) is 2.90. The number of carbonyl (C=O) groups is 2. The molecule has 3 amide bonds. The van der Waals surface area contributed by atoms with Gasteiger partial charge in [0.15, 0.2) is 4.34 Å². The highest BCUT2D eigenvalue weighted by atomic mass is 32.2. The Morgan fingerprint density at radius 2 is 2.14 bits per heavy atom. The monoisotopic (exact) mass is 345 g/mol. The molecule has 1 fully saturated rings. The molecule has 0 unspecified atom stereocenters. The molecule has 10 heteroatoms. The first-order chi connectivity index (χ1) is 10.6. The molecule has 2 heterocycles. The van der Waals surface area contributed by atoms with Crippen molar-refractivity contribution in [2.24, 2.45) is 0 Å². The first-order valence-electron chi connectivity index (χ1n) is 7.01. The molecule has 0 radical (unpaired) electrons. The molecule has 0 aliphatic carbocycles. The summed E-state index contributed by atoms with van der Waals surface area (Å²) in [5, 5.41) is 13.5. The standard InChI is InChI=1S/C12H19N5O3S2/c1-3-13-10(19)14-9(18)8(2)21-12-16-15-11(22-12)17-4-6-20-7-5-17/h8H,3-7H2,1-2H3,(H2,13,14,18,19)/t8-/m1/s1. The third kappa shape index (κ3) is 4.82. The van der Waals surface area contributed by atoms with E-state index in [0.717, 1.165) is 18.2 Å². The van der Waals surface area contributed by atoms with Gasteiger partial charge in [0.25, 0.3) is 0 Å². The molecule has 0 spiro atoms. The summed E-state index contributed by atoms with van der Waals surface area (Å²) in [6, 6.07) is -0.480. The van der Waals surface area contributed by atoms with Gasteiger partial charge in [-0.05, 0) is 13.8 Å². The molecule has 1 aliphatic rings. The molecule has 2 rings (SSSR count). The highest BCUT2D eigenvalue weighted by Crippen LogP contribution is 2.31. The number of imide groups is 1. The van der Waals surface area contributed by atoms with Crippen LogP contribution in [-0.2, 0) is 9.53 Å². The maximum atomic E-state index is 11.9. The molecule has 1 aliphatic heterocycles. The Morgan fingerprint density at radius 3 is 2.82 bits per heavy atom. The van der Waals surface area contributed by atoms with E-state index in [9.17, 15) is 9.59 Å². The van der Waals surface area contributed by atoms with E-state index in [1.165, 1.54) is 23.1 Å². The molecule has 2 N–H and O–H groups in total. The number of morpholine rings is 1. The normalized spacial score (nSPS) is 16.2. The van der Waals surface area contributed by atoms with E-state index in [1.54, 1.807) is 13.8 Å². The minimum absolute atomic E-state index is 0.348. The van der Waals surface area contributed by atoms with E-state index in [2.05, 4.69) is 25.7 Å². The lowest BCUT2D eigenvalue weighted by Gasteiger charge is -2.25. The highest BCUT2D eigenvalue weighted by Gasteiger charge is 2.21. The first kappa shape index (κ1) is 17.0. The van der Waals surface area contributed by atoms with Crippen molar-refractivity contribution < 1.29 is 14.3 Å². The third-order valence-corrected chi connectivity index (χ3v) is 5.07. The van der Waals surface area contributed by atoms with Gasteiger partial charge in [-0.1, -0.05) is 23.1 Å². The van der Waals surface area contributed by atoms with Crippen molar-refractivity contribution in [2.45, 2.75) is 23.4 Å². The van der Waals surface area contributed by atoms with Gasteiger partial charge in [-0.2, -0.15) is 0 Å². The molecule has 122 valence electrons. The number of carbonyl (C=O) groups excluding carboxylic acids is 2. The lowest BCUT2D eigenvalue weighted by atomic mass is 10.4. The van der Waals surface area contributed by atoms with Gasteiger partial charge in [0.1, 0.15) is 0 Å². The van der Waals surface area contributed by atoms with Crippen LogP contribution < -0.4 is 15.5 Å². The first-order valence-corrected chi connectivity index (χ1v) is 8.71. The minimum atomic E-state index is -0.480. The molecule has 0 saturated carbocycles. The van der Waals surface area contributed by atoms with Gasteiger partial charge in [0.05, 0.1) is 18.5 Å². The van der Waals surface area contributed by atoms with Crippen molar-refractivity contribution in [1.82, 2.24) is 20.8 Å². The topological polar surface area (TPSA) is 96.5 Å². The van der Waals surface area contributed by atoms with Crippen LogP contribution in [0.5, 0.6) is 0 Å². The number of anilines is 1. The van der Waals surface area contributed by atoms with Crippen LogP contribution in [0.2, 0.25) is 0 Å². The molecule has 1 aromatic rings. The van der Waals surface area contributed by atoms with E-state index in [-0.39, 0.29) is 5.91 Å². The minimum Gasteiger partial charge on any atom is -0.378 e. The van der Waals surface area contributed by atoms with Gasteiger partial charge in [-0.25, -0.2) is 4.79 Å². The number of nitrogens with one attached hydrogen (secondary N) is 2. The number of rotatable bonds is 5. The summed E-state index contributed by atoms with van der Waals surface area (Å²) in [5.74, 6) is -0.348. The van der Waals surface area contributed by atoms with Crippen molar-refractivity contribution in [1.29, 1.82) is 0 Å². The van der Waals surface area contributed by atoms with E-state index in [0.29, 0.717) is 24.1 Å². The second-order valence-electron chi connectivity index (χ2n) is 4.56. The molecule has 1 saturated heterocycles. The predicted octanol–water partition coefficient (Wildman–Crippen LogP) is 0.701. The molecule has 1 atom stereocenters. The smallest absolute Gasteiger partial charge is 0.321 e. The summed E-state index contributed by atoms with van der Waals surface area (Å²) in [5.41, 5.74) is 0. The summed E-state index contributed by atoms with van der Waals surface area (Å²) >= 11 is 2.74. The van der Waals surface area contributed by atoms with Crippen LogP contribution in [0.25, 0.3) is 0 Å². The fraction of sp³-hybridized carbons (Fsp3) is 0.667. The zero-order valence-electron chi connectivity index (χ0n) is 12.5. The van der Waals surface area contributed by atoms with Crippen LogP contribution in [0.3, 0.4) is 0 Å². The van der Waals surface area contributed by atoms with E-state index >= 15 is 0 Å². The number of urea groups is 1. The largest absolute Gasteiger partial charge is 0.378 e. The van der Waals surface area contributed by atoms with Crippen LogP contribution in [-0.4, -0.2) is 60.2 Å². The van der Waals surface area contributed by atoms with E-state index < -0.39 is 11.3 Å². The van der Waals surface area contributed by atoms with Gasteiger partial charge in [-0.3, -0.25) is 10.1 Å². The second-order valence-corrected chi connectivity index (χ2v) is 7.10. The van der Waals surface area contributed by atoms with Gasteiger partial charge in [0.2, 0.25) is 11.0 Å². The molecule has 1 aromatic heterocycles. The molecule has 0 aromatic carbocycles. The quantitative estimate of drug-likeness (QED) is 0.758. The van der Waals surface area contributed by atoms with Crippen LogP contribution in [0.15, 0.2) is 4.34 Å². The van der Waals surface area contributed by atoms with Crippen molar-refractivity contribution >= 4 is 40.2 Å². The van der Waals surface area contributed by atoms with Crippen LogP contribution >= 0.6 is 23.1 Å². The van der Waals surface area contributed by atoms with Gasteiger partial charge in [0, 0.05) is 19.6 Å². The van der Waals surface area contributed by atoms with Crippen LogP contribution in [0, 0.1) is 0 Å². The fourth-order valence-electron chi connectivity index (χ4n) is 1.76. The van der Waals surface area contributed by atoms with E-state index in [4.69, 9.17) is 4.74 Å². The maximum Gasteiger partial charge on any atom is 0.321 e. The number of aromatic nitrogens is 2. The fourth-order valence-corrected chi connectivity index (χ4v) is 3.79. The van der Waals surface area contributed by atoms with Crippen LogP contribution in [0.4, 0.5) is 9.93 Å². The number of hydrogen-bond acceptors (Lipinski definition) is 8. The molecular weight excluding hydrogens is 326 g/mol. The van der Waals surface area contributed by atoms with Gasteiger partial charge in [-0.15, -0.1) is 10.2 Å². The zero-order valence-corrected chi connectivity index (χ0v) is 14.1. The average Bonchev–Trinajstić information content (AvgIpc) is 2.96. The summed E-state index contributed by atoms with van der Waals surface area (Å²) in [4.78, 5) is 25.3. The summed E-state index contributed by atoms with van der Waals surface area (Å²) < 4.78 is 6.01. The lowest BCUT2D eigenvalue weighted by molar-refractivity contribution is -0.119. The predicted molar refractivity (Wildman–Crippen MR) is 85.5 cm³/mol. The Balaban J connectivity index is 1.86. The lowest BCUT2D eigenvalue weighted by Crippen LogP contribution is -2.42. The SMILES string of the molecule is CCNC(=O)NC(=O)[C@@H](C)Sc1nnc(N2CCOCC2)s1. The average molecular weight is 345 g/mol. The van der Waals surface area contributed by atoms with Crippen molar-refractivity contribution in [3.63, 3.8) is 0 Å². The summed E-state index contributed by atoms with van der Waals surface area (Å²) in [7, 11) is 0. The van der Waals surface area contributed by atoms with Crippen molar-refractivity contribution in [3.05, 3.63) is 0 Å². The van der Waals surface area contributed by atoms with Gasteiger partial charge < -0.3 is 15.0 Å². The number of nitrogens with zero attached hydrogens (tertiary/aromatic N) is 3. The molecule has 0 bridgehead atoms. The Morgan fingerprint density at radius 1 is 1.41 bits per heavy atom. The Bertz CT molecular complexity index is 519. The number of thioether (sulfide) groups is 1. The maximum absolute atomic E-state index is 11.9. The number of amides is 3. The van der Waals surface area contributed by atoms with Crippen molar-refractivity contribution in [2.75, 3.05) is 37.7 Å². The highest BCUT2D eigenvalue weighted by molar-refractivity contribution is 8.02. The number of ether oxygens (including phenoxy) is 1. The summed E-state index contributed by atoms with van der Waals surface area (Å²) in [6.07, 6.45) is 0. The molecule has 22 heavy (non-hydrogen) atoms. The van der Waals surface area contributed by atoms with E-state index in [1.807, 2.05) is 0 Å².